The van der Waals surface area contributed by atoms with Crippen molar-refractivity contribution in [2.75, 3.05) is 13.2 Å². The fraction of sp³-hybridized carbons (Fsp3) is 0.294. The molecule has 5 nitrogen and oxygen atoms in total. The first-order chi connectivity index (χ1) is 10.9. The highest BCUT2D eigenvalue weighted by molar-refractivity contribution is 7.89. The average molecular weight is 333 g/mol. The molecule has 23 heavy (non-hydrogen) atoms. The lowest BCUT2D eigenvalue weighted by Crippen LogP contribution is -2.40. The summed E-state index contributed by atoms with van der Waals surface area (Å²) in [7, 11) is -3.61. The Balaban J connectivity index is 1.90. The molecule has 0 amide bonds. The van der Waals surface area contributed by atoms with Crippen LogP contribution in [0.2, 0.25) is 0 Å². The van der Waals surface area contributed by atoms with Gasteiger partial charge in [-0.05, 0) is 43.7 Å². The molecule has 3 rings (SSSR count). The number of nitrogens with one attached hydrogen (secondary N) is 1. The predicted molar refractivity (Wildman–Crippen MR) is 87.2 cm³/mol. The summed E-state index contributed by atoms with van der Waals surface area (Å²) in [6.07, 6.45) is 0. The van der Waals surface area contributed by atoms with E-state index in [2.05, 4.69) is 4.72 Å². The average Bonchev–Trinajstić information content (AvgIpc) is 2.54. The predicted octanol–water partition coefficient (Wildman–Crippen LogP) is 2.67. The zero-order valence-electron chi connectivity index (χ0n) is 13.1. The van der Waals surface area contributed by atoms with Crippen LogP contribution >= 0.6 is 0 Å². The molecule has 0 saturated heterocycles. The van der Waals surface area contributed by atoms with Gasteiger partial charge >= 0.3 is 0 Å². The topological polar surface area (TPSA) is 64.6 Å². The molecular weight excluding hydrogens is 314 g/mol. The van der Waals surface area contributed by atoms with E-state index in [1.807, 2.05) is 32.0 Å². The standard InChI is InChI=1S/C17H19NO4S/c1-17(2,18-23(19,20)14-6-4-3-5-7-14)13-8-9-15-16(12-13)22-11-10-21-15/h3-9,12,18H,10-11H2,1-2H3. The van der Waals surface area contributed by atoms with E-state index < -0.39 is 15.6 Å². The van der Waals surface area contributed by atoms with Crippen molar-refractivity contribution in [3.8, 4) is 11.5 Å². The third-order valence-corrected chi connectivity index (χ3v) is 5.38. The summed E-state index contributed by atoms with van der Waals surface area (Å²) < 4.78 is 38.9. The molecule has 0 fully saturated rings. The number of sulfonamides is 1. The van der Waals surface area contributed by atoms with Crippen LogP contribution in [-0.4, -0.2) is 21.6 Å². The van der Waals surface area contributed by atoms with E-state index in [0.717, 1.165) is 5.56 Å². The first kappa shape index (κ1) is 15.8. The van der Waals surface area contributed by atoms with Gasteiger partial charge in [0.2, 0.25) is 10.0 Å². The van der Waals surface area contributed by atoms with Gasteiger partial charge in [-0.25, -0.2) is 13.1 Å². The Bertz CT molecular complexity index is 801. The first-order valence-corrected chi connectivity index (χ1v) is 8.86. The molecule has 0 unspecified atom stereocenters. The summed E-state index contributed by atoms with van der Waals surface area (Å²) in [5, 5.41) is 0. The maximum absolute atomic E-state index is 12.5. The monoisotopic (exact) mass is 333 g/mol. The lowest BCUT2D eigenvalue weighted by molar-refractivity contribution is 0.171. The molecule has 0 aliphatic carbocycles. The van der Waals surface area contributed by atoms with Crippen LogP contribution in [-0.2, 0) is 15.6 Å². The number of rotatable bonds is 4. The molecule has 1 heterocycles. The molecule has 6 heteroatoms. The minimum Gasteiger partial charge on any atom is -0.486 e. The summed E-state index contributed by atoms with van der Waals surface area (Å²) in [4.78, 5) is 0.241. The van der Waals surface area contributed by atoms with Crippen molar-refractivity contribution < 1.29 is 17.9 Å². The van der Waals surface area contributed by atoms with Gasteiger partial charge in [0.05, 0.1) is 10.4 Å². The third kappa shape index (κ3) is 3.33. The Kier molecular flexibility index (Phi) is 4.04. The molecule has 122 valence electrons. The van der Waals surface area contributed by atoms with Crippen molar-refractivity contribution in [2.24, 2.45) is 0 Å². The van der Waals surface area contributed by atoms with Crippen LogP contribution in [0.15, 0.2) is 53.4 Å². The second-order valence-corrected chi connectivity index (χ2v) is 7.58. The summed E-state index contributed by atoms with van der Waals surface area (Å²) in [5.74, 6) is 1.32. The van der Waals surface area contributed by atoms with E-state index in [9.17, 15) is 8.42 Å². The zero-order valence-corrected chi connectivity index (χ0v) is 13.9. The van der Waals surface area contributed by atoms with Gasteiger partial charge in [-0.3, -0.25) is 0 Å². The molecule has 0 atom stereocenters. The van der Waals surface area contributed by atoms with Gasteiger partial charge in [0.25, 0.3) is 0 Å². The SMILES string of the molecule is CC(C)(NS(=O)(=O)c1ccccc1)c1ccc2c(c1)OCCO2. The van der Waals surface area contributed by atoms with Crippen LogP contribution in [0.1, 0.15) is 19.4 Å². The fourth-order valence-electron chi connectivity index (χ4n) is 2.49. The van der Waals surface area contributed by atoms with Crippen LogP contribution in [0, 0.1) is 0 Å². The molecule has 0 spiro atoms. The second kappa shape index (κ2) is 5.86. The van der Waals surface area contributed by atoms with E-state index >= 15 is 0 Å². The number of hydrogen-bond acceptors (Lipinski definition) is 4. The quantitative estimate of drug-likeness (QED) is 0.934. The lowest BCUT2D eigenvalue weighted by Gasteiger charge is -2.28. The smallest absolute Gasteiger partial charge is 0.241 e. The van der Waals surface area contributed by atoms with Crippen LogP contribution in [0.3, 0.4) is 0 Å². The van der Waals surface area contributed by atoms with Crippen molar-refractivity contribution in [2.45, 2.75) is 24.3 Å². The fourth-order valence-corrected chi connectivity index (χ4v) is 3.91. The van der Waals surface area contributed by atoms with Gasteiger partial charge in [-0.15, -0.1) is 0 Å². The molecular formula is C17H19NO4S. The number of benzene rings is 2. The molecule has 0 bridgehead atoms. The Morgan fingerprint density at radius 1 is 0.957 bits per heavy atom. The molecule has 0 aromatic heterocycles. The van der Waals surface area contributed by atoms with Gasteiger partial charge in [0.15, 0.2) is 11.5 Å². The Morgan fingerprint density at radius 2 is 1.61 bits per heavy atom. The van der Waals surface area contributed by atoms with Crippen molar-refractivity contribution in [3.63, 3.8) is 0 Å². The van der Waals surface area contributed by atoms with Crippen molar-refractivity contribution in [1.29, 1.82) is 0 Å². The maximum Gasteiger partial charge on any atom is 0.241 e. The highest BCUT2D eigenvalue weighted by atomic mass is 32.2. The molecule has 2 aromatic carbocycles. The van der Waals surface area contributed by atoms with Crippen LogP contribution in [0.4, 0.5) is 0 Å². The van der Waals surface area contributed by atoms with E-state index in [1.54, 1.807) is 30.3 Å². The zero-order chi connectivity index (χ0) is 16.5. The van der Waals surface area contributed by atoms with E-state index in [4.69, 9.17) is 9.47 Å². The number of hydrogen-bond donors (Lipinski definition) is 1. The Hall–Kier alpha value is -2.05. The van der Waals surface area contributed by atoms with Crippen LogP contribution < -0.4 is 14.2 Å². The Morgan fingerprint density at radius 3 is 2.30 bits per heavy atom. The van der Waals surface area contributed by atoms with Gasteiger partial charge in [-0.2, -0.15) is 0 Å². The summed E-state index contributed by atoms with van der Waals surface area (Å²) in [6.45, 7) is 4.65. The second-order valence-electron chi connectivity index (χ2n) is 5.90. The van der Waals surface area contributed by atoms with Gasteiger partial charge in [-0.1, -0.05) is 24.3 Å². The van der Waals surface area contributed by atoms with Gasteiger partial charge in [0, 0.05) is 0 Å². The maximum atomic E-state index is 12.5. The minimum absolute atomic E-state index is 0.241. The largest absolute Gasteiger partial charge is 0.486 e. The number of ether oxygens (including phenoxy) is 2. The third-order valence-electron chi connectivity index (χ3n) is 3.71. The lowest BCUT2D eigenvalue weighted by atomic mass is 9.95. The molecule has 0 saturated carbocycles. The molecule has 1 N–H and O–H groups in total. The van der Waals surface area contributed by atoms with Gasteiger partial charge < -0.3 is 9.47 Å². The van der Waals surface area contributed by atoms with E-state index in [0.29, 0.717) is 24.7 Å². The Labute approximate surface area is 136 Å². The summed E-state index contributed by atoms with van der Waals surface area (Å²) in [5.41, 5.74) is 0.0195. The van der Waals surface area contributed by atoms with E-state index in [-0.39, 0.29) is 4.90 Å². The highest BCUT2D eigenvalue weighted by Gasteiger charge is 2.29. The minimum atomic E-state index is -3.61. The molecule has 0 radical (unpaired) electrons. The van der Waals surface area contributed by atoms with Crippen molar-refractivity contribution >= 4 is 10.0 Å². The highest BCUT2D eigenvalue weighted by Crippen LogP contribution is 2.34. The van der Waals surface area contributed by atoms with Crippen LogP contribution in [0.5, 0.6) is 11.5 Å². The molecule has 1 aliphatic heterocycles. The molecule has 1 aliphatic rings. The summed E-state index contributed by atoms with van der Waals surface area (Å²) in [6, 6.07) is 13.8. The van der Waals surface area contributed by atoms with E-state index in [1.165, 1.54) is 0 Å². The molecule has 2 aromatic rings. The van der Waals surface area contributed by atoms with Crippen molar-refractivity contribution in [1.82, 2.24) is 4.72 Å². The summed E-state index contributed by atoms with van der Waals surface area (Å²) >= 11 is 0. The number of fused-ring (bicyclic) bond motifs is 1. The first-order valence-electron chi connectivity index (χ1n) is 7.38. The van der Waals surface area contributed by atoms with Crippen LogP contribution in [0.25, 0.3) is 0 Å². The normalized spacial score (nSPS) is 14.5. The van der Waals surface area contributed by atoms with Gasteiger partial charge in [0.1, 0.15) is 13.2 Å². The van der Waals surface area contributed by atoms with Crippen molar-refractivity contribution in [3.05, 3.63) is 54.1 Å².